The second kappa shape index (κ2) is 11.1. The van der Waals surface area contributed by atoms with Gasteiger partial charge in [0.1, 0.15) is 17.1 Å². The Kier molecular flexibility index (Phi) is 8.06. The maximum absolute atomic E-state index is 14.7. The van der Waals surface area contributed by atoms with Crippen LogP contribution in [-0.4, -0.2) is 22.8 Å². The van der Waals surface area contributed by atoms with E-state index in [1.165, 1.54) is 25.3 Å². The third kappa shape index (κ3) is 6.32. The number of halogens is 5. The molecule has 1 heterocycles. The van der Waals surface area contributed by atoms with Crippen molar-refractivity contribution < 1.29 is 27.2 Å². The smallest absolute Gasteiger partial charge is 0.335 e. The van der Waals surface area contributed by atoms with Gasteiger partial charge in [-0.05, 0) is 67.6 Å². The number of pyridine rings is 1. The molecule has 1 aliphatic carbocycles. The van der Waals surface area contributed by atoms with E-state index >= 15 is 0 Å². The summed E-state index contributed by atoms with van der Waals surface area (Å²) in [6, 6.07) is 13.0. The summed E-state index contributed by atoms with van der Waals surface area (Å²) in [5.41, 5.74) is -2.18. The van der Waals surface area contributed by atoms with E-state index in [9.17, 15) is 27.2 Å². The Labute approximate surface area is 222 Å². The molecule has 10 heteroatoms. The van der Waals surface area contributed by atoms with Crippen LogP contribution in [0.3, 0.4) is 0 Å². The molecule has 0 saturated heterocycles. The number of nitrogens with one attached hydrogen (secondary N) is 2. The number of hydrogen-bond acceptors (Lipinski definition) is 3. The fraction of sp³-hybridized carbons (Fsp3) is 0.321. The Morgan fingerprint density at radius 1 is 1.03 bits per heavy atom. The highest BCUT2D eigenvalue weighted by Crippen LogP contribution is 2.38. The lowest BCUT2D eigenvalue weighted by Crippen LogP contribution is -2.54. The molecule has 3 atom stereocenters. The Hall–Kier alpha value is -3.46. The van der Waals surface area contributed by atoms with E-state index in [2.05, 4.69) is 15.6 Å². The van der Waals surface area contributed by atoms with E-state index in [1.54, 1.807) is 30.3 Å². The number of rotatable bonds is 7. The number of hydrogen-bond donors (Lipinski definition) is 2. The number of aromatic nitrogens is 1. The molecule has 2 aromatic carbocycles. The van der Waals surface area contributed by atoms with Crippen LogP contribution < -0.4 is 10.6 Å². The predicted molar refractivity (Wildman–Crippen MR) is 135 cm³/mol. The third-order valence-corrected chi connectivity index (χ3v) is 7.09. The third-order valence-electron chi connectivity index (χ3n) is 6.86. The van der Waals surface area contributed by atoms with Crippen LogP contribution in [0.5, 0.6) is 0 Å². The molecule has 1 unspecified atom stereocenters. The van der Waals surface area contributed by atoms with Gasteiger partial charge in [-0.1, -0.05) is 41.9 Å². The molecule has 1 aliphatic rings. The number of carbonyl (C=O) groups excluding carboxylic acids is 2. The minimum Gasteiger partial charge on any atom is -0.335 e. The number of urea groups is 1. The lowest BCUT2D eigenvalue weighted by atomic mass is 9.79. The summed E-state index contributed by atoms with van der Waals surface area (Å²) < 4.78 is 55.9. The van der Waals surface area contributed by atoms with Crippen molar-refractivity contribution in [3.8, 4) is 0 Å². The van der Waals surface area contributed by atoms with E-state index < -0.39 is 29.1 Å². The molecule has 0 aliphatic heterocycles. The van der Waals surface area contributed by atoms with E-state index in [4.69, 9.17) is 11.6 Å². The number of nitrogens with zero attached hydrogens (tertiary/aromatic N) is 1. The van der Waals surface area contributed by atoms with Crippen LogP contribution in [0.15, 0.2) is 66.9 Å². The number of alkyl halides is 3. The zero-order valence-corrected chi connectivity index (χ0v) is 21.2. The summed E-state index contributed by atoms with van der Waals surface area (Å²) in [6.07, 6.45) is -1.86. The van der Waals surface area contributed by atoms with Gasteiger partial charge in [-0.15, -0.1) is 0 Å². The van der Waals surface area contributed by atoms with Crippen LogP contribution in [-0.2, 0) is 22.9 Å². The number of ketones is 1. The van der Waals surface area contributed by atoms with Crippen molar-refractivity contribution in [3.05, 3.63) is 100 Å². The first-order chi connectivity index (χ1) is 18.0. The fourth-order valence-electron chi connectivity index (χ4n) is 4.95. The second-order valence-electron chi connectivity index (χ2n) is 9.57. The molecule has 2 N–H and O–H groups in total. The predicted octanol–water partition coefficient (Wildman–Crippen LogP) is 6.44. The molecule has 2 amide bonds. The monoisotopic (exact) mass is 547 g/mol. The molecule has 0 spiro atoms. The highest BCUT2D eigenvalue weighted by molar-refractivity contribution is 6.30. The summed E-state index contributed by atoms with van der Waals surface area (Å²) in [6.45, 7) is 1.51. The van der Waals surface area contributed by atoms with Gasteiger partial charge in [-0.3, -0.25) is 9.78 Å². The average molecular weight is 548 g/mol. The maximum Gasteiger partial charge on any atom is 0.416 e. The lowest BCUT2D eigenvalue weighted by molar-refractivity contribution is -0.137. The van der Waals surface area contributed by atoms with Crippen molar-refractivity contribution >= 4 is 23.4 Å². The van der Waals surface area contributed by atoms with Gasteiger partial charge in [0, 0.05) is 24.6 Å². The number of benzene rings is 2. The van der Waals surface area contributed by atoms with Gasteiger partial charge >= 0.3 is 12.2 Å². The minimum atomic E-state index is -4.82. The normalized spacial score (nSPS) is 19.0. The van der Waals surface area contributed by atoms with Gasteiger partial charge in [0.05, 0.1) is 16.3 Å². The molecule has 1 saturated carbocycles. The van der Waals surface area contributed by atoms with Gasteiger partial charge in [-0.2, -0.15) is 13.2 Å². The molecule has 5 nitrogen and oxygen atoms in total. The Balaban J connectivity index is 1.82. The van der Waals surface area contributed by atoms with Crippen LogP contribution in [0.4, 0.5) is 22.4 Å². The van der Waals surface area contributed by atoms with Crippen molar-refractivity contribution in [2.24, 2.45) is 5.92 Å². The van der Waals surface area contributed by atoms with E-state index in [1.807, 2.05) is 0 Å². The molecule has 1 fully saturated rings. The van der Waals surface area contributed by atoms with Crippen molar-refractivity contribution in [1.82, 2.24) is 15.6 Å². The van der Waals surface area contributed by atoms with Crippen LogP contribution in [0.25, 0.3) is 0 Å². The first-order valence-corrected chi connectivity index (χ1v) is 12.5. The number of amides is 2. The fourth-order valence-corrected chi connectivity index (χ4v) is 5.06. The quantitative estimate of drug-likeness (QED) is 0.335. The number of carbonyl (C=O) groups is 2. The largest absolute Gasteiger partial charge is 0.416 e. The summed E-state index contributed by atoms with van der Waals surface area (Å²) >= 11 is 6.04. The molecule has 38 heavy (non-hydrogen) atoms. The Bertz CT molecular complexity index is 1300. The summed E-state index contributed by atoms with van der Waals surface area (Å²) in [7, 11) is 0. The summed E-state index contributed by atoms with van der Waals surface area (Å²) in [5.74, 6) is -1.23. The van der Waals surface area contributed by atoms with Crippen LogP contribution in [0.1, 0.15) is 48.6 Å². The Morgan fingerprint density at radius 2 is 1.74 bits per heavy atom. The van der Waals surface area contributed by atoms with Crippen molar-refractivity contribution in [3.63, 3.8) is 0 Å². The van der Waals surface area contributed by atoms with Gasteiger partial charge in [-0.25, -0.2) is 9.18 Å². The molecular formula is C28H26ClF4N3O2. The molecule has 1 aromatic heterocycles. The minimum absolute atomic E-state index is 0.0304. The van der Waals surface area contributed by atoms with Crippen LogP contribution >= 0.6 is 11.6 Å². The molecule has 200 valence electrons. The van der Waals surface area contributed by atoms with Crippen molar-refractivity contribution in [1.29, 1.82) is 0 Å². The zero-order chi connectivity index (χ0) is 27.5. The van der Waals surface area contributed by atoms with E-state index in [-0.39, 0.29) is 40.4 Å². The molecular weight excluding hydrogens is 522 g/mol. The van der Waals surface area contributed by atoms with Crippen molar-refractivity contribution in [2.45, 2.75) is 50.4 Å². The van der Waals surface area contributed by atoms with Gasteiger partial charge in [0.15, 0.2) is 0 Å². The van der Waals surface area contributed by atoms with Gasteiger partial charge in [0.2, 0.25) is 0 Å². The molecule has 0 radical (unpaired) electrons. The van der Waals surface area contributed by atoms with E-state index in [0.717, 1.165) is 12.1 Å². The van der Waals surface area contributed by atoms with Gasteiger partial charge in [0.25, 0.3) is 0 Å². The second-order valence-corrected chi connectivity index (χ2v) is 10.0. The standard InChI is InChI=1S/C28H26ClF4N3O2/c1-17(37)19-7-9-24(11-19)35-26(38)36-27(15-18-5-3-2-4-6-18,25-10-8-22(29)16-34-25)20-12-21(28(31,32)33)14-23(30)13-20/h2-6,8,10,12-14,16,19,24H,7,9,11,15H2,1H3,(H2,35,36,38)/t19-,24+,27?/m0/s1. The van der Waals surface area contributed by atoms with Crippen LogP contribution in [0.2, 0.25) is 5.02 Å². The number of Topliss-reactive ketones (excluding diaryl/α,β-unsaturated/α-hetero) is 1. The first kappa shape index (κ1) is 27.6. The molecule has 0 bridgehead atoms. The SMILES string of the molecule is CC(=O)[C@H]1CC[C@@H](NC(=O)NC(Cc2ccccc2)(c2cc(F)cc(C(F)(F)F)c2)c2ccc(Cl)cn2)C1. The topological polar surface area (TPSA) is 71.1 Å². The average Bonchev–Trinajstić information content (AvgIpc) is 3.32. The van der Waals surface area contributed by atoms with Crippen molar-refractivity contribution in [2.75, 3.05) is 0 Å². The first-order valence-electron chi connectivity index (χ1n) is 12.1. The molecule has 3 aromatic rings. The maximum atomic E-state index is 14.7. The van der Waals surface area contributed by atoms with E-state index in [0.29, 0.717) is 30.9 Å². The highest BCUT2D eigenvalue weighted by Gasteiger charge is 2.41. The lowest BCUT2D eigenvalue weighted by Gasteiger charge is -2.36. The summed E-state index contributed by atoms with van der Waals surface area (Å²) in [4.78, 5) is 29.5. The highest BCUT2D eigenvalue weighted by atomic mass is 35.5. The molecule has 4 rings (SSSR count). The Morgan fingerprint density at radius 3 is 2.34 bits per heavy atom. The zero-order valence-electron chi connectivity index (χ0n) is 20.5. The summed E-state index contributed by atoms with van der Waals surface area (Å²) in [5, 5.41) is 5.96. The van der Waals surface area contributed by atoms with Gasteiger partial charge < -0.3 is 10.6 Å². The van der Waals surface area contributed by atoms with Crippen LogP contribution in [0, 0.1) is 11.7 Å².